The Morgan fingerprint density at radius 2 is 1.95 bits per heavy atom. The Balaban J connectivity index is 1.86. The minimum absolute atomic E-state index is 0.510. The number of nitrogens with two attached hydrogens (primary N) is 1. The summed E-state index contributed by atoms with van der Waals surface area (Å²) in [7, 11) is 0. The Hall–Kier alpha value is -1.75. The maximum Gasteiger partial charge on any atom is 0.189 e. The first-order chi connectivity index (χ1) is 9.54. The predicted molar refractivity (Wildman–Crippen MR) is 83.3 cm³/mol. The maximum atomic E-state index is 5.79. The van der Waals surface area contributed by atoms with Gasteiger partial charge in [-0.2, -0.15) is 0 Å². The number of thioether (sulfide) groups is 1. The molecule has 0 spiro atoms. The zero-order valence-corrected chi connectivity index (χ0v) is 12.8. The number of anilines is 1. The summed E-state index contributed by atoms with van der Waals surface area (Å²) in [6.07, 6.45) is 0. The van der Waals surface area contributed by atoms with Gasteiger partial charge in [-0.05, 0) is 38.0 Å². The molecule has 0 aliphatic carbocycles. The average Bonchev–Trinajstić information content (AvgIpc) is 2.37. The van der Waals surface area contributed by atoms with Crippen LogP contribution in [0.2, 0.25) is 0 Å². The summed E-state index contributed by atoms with van der Waals surface area (Å²) in [5.41, 5.74) is 8.93. The van der Waals surface area contributed by atoms with Crippen molar-refractivity contribution in [2.24, 2.45) is 0 Å². The fourth-order valence-corrected chi connectivity index (χ4v) is 2.50. The highest BCUT2D eigenvalue weighted by Gasteiger charge is 2.03. The predicted octanol–water partition coefficient (Wildman–Crippen LogP) is 3.16. The minimum atomic E-state index is 0.510. The van der Waals surface area contributed by atoms with Gasteiger partial charge in [0.15, 0.2) is 5.16 Å². The number of hydrogen-bond donors (Lipinski definition) is 1. The van der Waals surface area contributed by atoms with Crippen LogP contribution < -0.4 is 10.5 Å². The van der Waals surface area contributed by atoms with Gasteiger partial charge in [0.1, 0.15) is 11.6 Å². The largest absolute Gasteiger partial charge is 0.492 e. The van der Waals surface area contributed by atoms with Crippen LogP contribution in [0, 0.1) is 20.8 Å². The molecule has 4 nitrogen and oxygen atoms in total. The van der Waals surface area contributed by atoms with Crippen LogP contribution in [0.5, 0.6) is 5.75 Å². The molecule has 2 aromatic rings. The lowest BCUT2D eigenvalue weighted by atomic mass is 10.1. The van der Waals surface area contributed by atoms with Crippen molar-refractivity contribution < 1.29 is 4.74 Å². The van der Waals surface area contributed by atoms with E-state index in [4.69, 9.17) is 10.5 Å². The van der Waals surface area contributed by atoms with Gasteiger partial charge in [-0.15, -0.1) is 0 Å². The van der Waals surface area contributed by atoms with Gasteiger partial charge in [-0.3, -0.25) is 0 Å². The van der Waals surface area contributed by atoms with Gasteiger partial charge in [0, 0.05) is 17.5 Å². The fourth-order valence-electron chi connectivity index (χ4n) is 1.78. The van der Waals surface area contributed by atoms with Crippen LogP contribution in [0.1, 0.15) is 16.8 Å². The SMILES string of the molecule is Cc1ccc(C)c(OCCSc2nc(C)cc(N)n2)c1. The standard InChI is InChI=1S/C15H19N3OS/c1-10-4-5-11(2)13(8-10)19-6-7-20-15-17-12(3)9-14(16)18-15/h4-5,8-9H,6-7H2,1-3H3,(H2,16,17,18). The van der Waals surface area contributed by atoms with Crippen LogP contribution in [0.3, 0.4) is 0 Å². The molecule has 106 valence electrons. The Morgan fingerprint density at radius 1 is 1.15 bits per heavy atom. The van der Waals surface area contributed by atoms with Crippen LogP contribution in [0.15, 0.2) is 29.4 Å². The van der Waals surface area contributed by atoms with Crippen molar-refractivity contribution in [3.8, 4) is 5.75 Å². The van der Waals surface area contributed by atoms with Gasteiger partial charge >= 0.3 is 0 Å². The Morgan fingerprint density at radius 3 is 2.70 bits per heavy atom. The highest BCUT2D eigenvalue weighted by Crippen LogP contribution is 2.20. The van der Waals surface area contributed by atoms with Gasteiger partial charge in [0.05, 0.1) is 6.61 Å². The molecule has 0 atom stereocenters. The molecule has 0 aliphatic heterocycles. The molecule has 0 amide bonds. The molecule has 0 radical (unpaired) electrons. The molecule has 2 N–H and O–H groups in total. The van der Waals surface area contributed by atoms with E-state index in [2.05, 4.69) is 35.1 Å². The van der Waals surface area contributed by atoms with Crippen LogP contribution in [0.4, 0.5) is 5.82 Å². The van der Waals surface area contributed by atoms with Crippen molar-refractivity contribution in [3.63, 3.8) is 0 Å². The molecular weight excluding hydrogens is 270 g/mol. The van der Waals surface area contributed by atoms with Crippen molar-refractivity contribution in [2.45, 2.75) is 25.9 Å². The fraction of sp³-hybridized carbons (Fsp3) is 0.333. The summed E-state index contributed by atoms with van der Waals surface area (Å²) < 4.78 is 5.79. The monoisotopic (exact) mass is 289 g/mol. The van der Waals surface area contributed by atoms with Gasteiger partial charge < -0.3 is 10.5 Å². The van der Waals surface area contributed by atoms with E-state index in [-0.39, 0.29) is 0 Å². The molecule has 1 aromatic heterocycles. The summed E-state index contributed by atoms with van der Waals surface area (Å²) >= 11 is 1.55. The normalized spacial score (nSPS) is 10.6. The average molecular weight is 289 g/mol. The molecule has 2 rings (SSSR count). The number of aromatic nitrogens is 2. The van der Waals surface area contributed by atoms with Crippen molar-refractivity contribution in [3.05, 3.63) is 41.1 Å². The van der Waals surface area contributed by atoms with E-state index in [1.54, 1.807) is 17.8 Å². The van der Waals surface area contributed by atoms with E-state index in [9.17, 15) is 0 Å². The lowest BCUT2D eigenvalue weighted by molar-refractivity contribution is 0.341. The number of rotatable bonds is 5. The molecule has 0 fully saturated rings. The molecule has 0 aliphatic rings. The number of nitrogens with zero attached hydrogens (tertiary/aromatic N) is 2. The second-order valence-electron chi connectivity index (χ2n) is 4.68. The number of nitrogen functional groups attached to an aromatic ring is 1. The molecule has 20 heavy (non-hydrogen) atoms. The third-order valence-corrected chi connectivity index (χ3v) is 3.58. The quantitative estimate of drug-likeness (QED) is 0.520. The number of benzene rings is 1. The zero-order chi connectivity index (χ0) is 14.5. The van der Waals surface area contributed by atoms with Gasteiger partial charge in [-0.25, -0.2) is 9.97 Å². The molecule has 0 bridgehead atoms. The smallest absolute Gasteiger partial charge is 0.189 e. The third-order valence-electron chi connectivity index (χ3n) is 2.77. The molecular formula is C15H19N3OS. The van der Waals surface area contributed by atoms with Gasteiger partial charge in [0.2, 0.25) is 0 Å². The van der Waals surface area contributed by atoms with Crippen LogP contribution in [-0.2, 0) is 0 Å². The number of ether oxygens (including phenoxy) is 1. The van der Waals surface area contributed by atoms with Gasteiger partial charge in [-0.1, -0.05) is 23.9 Å². The minimum Gasteiger partial charge on any atom is -0.492 e. The topological polar surface area (TPSA) is 61.0 Å². The molecule has 0 saturated heterocycles. The lowest BCUT2D eigenvalue weighted by Crippen LogP contribution is -2.03. The summed E-state index contributed by atoms with van der Waals surface area (Å²) in [6, 6.07) is 7.97. The van der Waals surface area contributed by atoms with Crippen molar-refractivity contribution in [2.75, 3.05) is 18.1 Å². The highest BCUT2D eigenvalue weighted by molar-refractivity contribution is 7.99. The molecule has 1 heterocycles. The Kier molecular flexibility index (Phi) is 4.84. The summed E-state index contributed by atoms with van der Waals surface area (Å²) in [6.45, 7) is 6.64. The van der Waals surface area contributed by atoms with E-state index >= 15 is 0 Å². The van der Waals surface area contributed by atoms with Crippen molar-refractivity contribution in [1.82, 2.24) is 9.97 Å². The lowest BCUT2D eigenvalue weighted by Gasteiger charge is -2.09. The third kappa shape index (κ3) is 4.13. The van der Waals surface area contributed by atoms with Crippen molar-refractivity contribution in [1.29, 1.82) is 0 Å². The van der Waals surface area contributed by atoms with E-state index in [1.165, 1.54) is 5.56 Å². The Bertz CT molecular complexity index is 581. The second kappa shape index (κ2) is 6.61. The van der Waals surface area contributed by atoms with E-state index in [0.29, 0.717) is 17.6 Å². The maximum absolute atomic E-state index is 5.79. The first kappa shape index (κ1) is 14.7. The van der Waals surface area contributed by atoms with Crippen LogP contribution in [0.25, 0.3) is 0 Å². The van der Waals surface area contributed by atoms with E-state index in [0.717, 1.165) is 22.8 Å². The first-order valence-electron chi connectivity index (χ1n) is 6.48. The summed E-state index contributed by atoms with van der Waals surface area (Å²) in [5, 5.41) is 0.701. The zero-order valence-electron chi connectivity index (χ0n) is 12.0. The second-order valence-corrected chi connectivity index (χ2v) is 5.74. The summed E-state index contributed by atoms with van der Waals surface area (Å²) in [5.74, 6) is 2.24. The highest BCUT2D eigenvalue weighted by atomic mass is 32.2. The van der Waals surface area contributed by atoms with Crippen LogP contribution >= 0.6 is 11.8 Å². The van der Waals surface area contributed by atoms with Crippen molar-refractivity contribution >= 4 is 17.6 Å². The summed E-state index contributed by atoms with van der Waals surface area (Å²) in [4.78, 5) is 8.51. The molecule has 5 heteroatoms. The van der Waals surface area contributed by atoms with Gasteiger partial charge in [0.25, 0.3) is 0 Å². The Labute approximate surface area is 123 Å². The number of hydrogen-bond acceptors (Lipinski definition) is 5. The number of aryl methyl sites for hydroxylation is 3. The molecule has 0 saturated carbocycles. The van der Waals surface area contributed by atoms with E-state index < -0.39 is 0 Å². The molecule has 1 aromatic carbocycles. The van der Waals surface area contributed by atoms with Crippen LogP contribution in [-0.4, -0.2) is 22.3 Å². The van der Waals surface area contributed by atoms with E-state index in [1.807, 2.05) is 13.8 Å². The molecule has 0 unspecified atom stereocenters. The first-order valence-corrected chi connectivity index (χ1v) is 7.47.